The molecule has 4 nitrogen and oxygen atoms in total. The first-order valence-electron chi connectivity index (χ1n) is 8.05. The fourth-order valence-electron chi connectivity index (χ4n) is 3.27. The lowest BCUT2D eigenvalue weighted by atomic mass is 9.64. The Kier molecular flexibility index (Phi) is 5.01. The summed E-state index contributed by atoms with van der Waals surface area (Å²) in [6, 6.07) is 7.72. The third-order valence-corrected chi connectivity index (χ3v) is 5.11. The molecule has 0 spiro atoms. The van der Waals surface area contributed by atoms with Gasteiger partial charge in [-0.2, -0.15) is 0 Å². The summed E-state index contributed by atoms with van der Waals surface area (Å²) in [6.45, 7) is 5.10. The van der Waals surface area contributed by atoms with E-state index in [0.29, 0.717) is 11.6 Å². The predicted octanol–water partition coefficient (Wildman–Crippen LogP) is 2.21. The van der Waals surface area contributed by atoms with Crippen LogP contribution in [0.4, 0.5) is 0 Å². The summed E-state index contributed by atoms with van der Waals surface area (Å²) in [6.07, 6.45) is 2.97. The second-order valence-electron chi connectivity index (χ2n) is 6.15. The minimum absolute atomic E-state index is 0.161. The Balaban J connectivity index is 1.56. The van der Waals surface area contributed by atoms with Crippen LogP contribution in [-0.4, -0.2) is 50.2 Å². The molecule has 1 heterocycles. The Morgan fingerprint density at radius 3 is 2.50 bits per heavy atom. The molecule has 22 heavy (non-hydrogen) atoms. The van der Waals surface area contributed by atoms with Crippen LogP contribution < -0.4 is 5.32 Å². The molecule has 0 radical (unpaired) electrons. The highest BCUT2D eigenvalue weighted by atomic mass is 35.5. The molecule has 1 aromatic rings. The zero-order valence-corrected chi connectivity index (χ0v) is 13.6. The normalized spacial score (nSPS) is 21.1. The summed E-state index contributed by atoms with van der Waals surface area (Å²) in [5.74, 6) is 0.161. The van der Waals surface area contributed by atoms with Crippen LogP contribution >= 0.6 is 11.6 Å². The monoisotopic (exact) mass is 322 g/mol. The van der Waals surface area contributed by atoms with Gasteiger partial charge in [-0.25, -0.2) is 0 Å². The zero-order chi connectivity index (χ0) is 15.4. The summed E-state index contributed by atoms with van der Waals surface area (Å²) in [4.78, 5) is 15.0. The minimum atomic E-state index is -0.338. The molecule has 0 unspecified atom stereocenters. The quantitative estimate of drug-likeness (QED) is 0.903. The average Bonchev–Trinajstić information content (AvgIpc) is 2.49. The fourth-order valence-corrected chi connectivity index (χ4v) is 3.39. The van der Waals surface area contributed by atoms with Crippen molar-refractivity contribution < 1.29 is 9.53 Å². The van der Waals surface area contributed by atoms with Crippen LogP contribution in [0.1, 0.15) is 24.8 Å². The summed E-state index contributed by atoms with van der Waals surface area (Å²) >= 11 is 5.96. The fraction of sp³-hybridized carbons (Fsp3) is 0.588. The van der Waals surface area contributed by atoms with Crippen molar-refractivity contribution in [3.8, 4) is 0 Å². The molecule has 2 aliphatic rings. The lowest BCUT2D eigenvalue weighted by Gasteiger charge is -2.41. The van der Waals surface area contributed by atoms with Gasteiger partial charge in [-0.3, -0.25) is 9.69 Å². The lowest BCUT2D eigenvalue weighted by molar-refractivity contribution is -0.130. The Hall–Kier alpha value is -1.10. The van der Waals surface area contributed by atoms with Gasteiger partial charge in [0.2, 0.25) is 5.91 Å². The highest BCUT2D eigenvalue weighted by molar-refractivity contribution is 6.30. The molecule has 5 heteroatoms. The summed E-state index contributed by atoms with van der Waals surface area (Å²) in [7, 11) is 0. The number of rotatable bonds is 5. The molecular weight excluding hydrogens is 300 g/mol. The van der Waals surface area contributed by atoms with E-state index in [9.17, 15) is 4.79 Å². The summed E-state index contributed by atoms with van der Waals surface area (Å²) < 4.78 is 5.34. The Morgan fingerprint density at radius 2 is 1.91 bits per heavy atom. The number of amides is 1. The first-order chi connectivity index (χ1) is 10.7. The van der Waals surface area contributed by atoms with Gasteiger partial charge in [0, 0.05) is 31.2 Å². The van der Waals surface area contributed by atoms with Crippen molar-refractivity contribution in [3.63, 3.8) is 0 Å². The minimum Gasteiger partial charge on any atom is -0.379 e. The molecule has 0 aromatic heterocycles. The number of nitrogens with zero attached hydrogens (tertiary/aromatic N) is 1. The van der Waals surface area contributed by atoms with Crippen LogP contribution in [0.3, 0.4) is 0 Å². The third kappa shape index (κ3) is 3.29. The van der Waals surface area contributed by atoms with Crippen molar-refractivity contribution in [3.05, 3.63) is 34.9 Å². The number of carbonyl (C=O) groups is 1. The number of carbonyl (C=O) groups excluding carboxylic acids is 1. The maximum absolute atomic E-state index is 12.7. The van der Waals surface area contributed by atoms with Gasteiger partial charge in [-0.05, 0) is 30.5 Å². The van der Waals surface area contributed by atoms with E-state index in [-0.39, 0.29) is 11.3 Å². The van der Waals surface area contributed by atoms with Gasteiger partial charge in [0.05, 0.1) is 18.6 Å². The van der Waals surface area contributed by atoms with E-state index in [0.717, 1.165) is 57.7 Å². The first-order valence-corrected chi connectivity index (χ1v) is 8.43. The largest absolute Gasteiger partial charge is 0.379 e. The van der Waals surface area contributed by atoms with Crippen LogP contribution in [0.5, 0.6) is 0 Å². The van der Waals surface area contributed by atoms with E-state index in [4.69, 9.17) is 16.3 Å². The molecule has 1 N–H and O–H groups in total. The highest BCUT2D eigenvalue weighted by Crippen LogP contribution is 2.44. The summed E-state index contributed by atoms with van der Waals surface area (Å²) in [5, 5.41) is 3.85. The zero-order valence-electron chi connectivity index (χ0n) is 12.8. The van der Waals surface area contributed by atoms with Gasteiger partial charge >= 0.3 is 0 Å². The molecule has 0 bridgehead atoms. The van der Waals surface area contributed by atoms with Crippen molar-refractivity contribution in [1.82, 2.24) is 10.2 Å². The van der Waals surface area contributed by atoms with Crippen LogP contribution in [-0.2, 0) is 14.9 Å². The first kappa shape index (κ1) is 15.8. The smallest absolute Gasteiger partial charge is 0.230 e. The highest BCUT2D eigenvalue weighted by Gasteiger charge is 2.45. The molecule has 3 rings (SSSR count). The van der Waals surface area contributed by atoms with E-state index < -0.39 is 0 Å². The number of halogens is 1. The van der Waals surface area contributed by atoms with Gasteiger partial charge < -0.3 is 10.1 Å². The SMILES string of the molecule is O=C(NCCN1CCOCC1)C1(c2ccc(Cl)cc2)CCC1. The van der Waals surface area contributed by atoms with Gasteiger partial charge in [0.15, 0.2) is 0 Å². The second kappa shape index (κ2) is 6.99. The molecule has 120 valence electrons. The maximum Gasteiger partial charge on any atom is 0.230 e. The van der Waals surface area contributed by atoms with Crippen LogP contribution in [0.25, 0.3) is 0 Å². The molecule has 0 atom stereocenters. The Labute approximate surface area is 136 Å². The van der Waals surface area contributed by atoms with Crippen molar-refractivity contribution >= 4 is 17.5 Å². The number of hydrogen-bond acceptors (Lipinski definition) is 3. The molecule has 1 aromatic carbocycles. The third-order valence-electron chi connectivity index (χ3n) is 4.86. The van der Waals surface area contributed by atoms with Gasteiger partial charge in [-0.15, -0.1) is 0 Å². The van der Waals surface area contributed by atoms with Crippen LogP contribution in [0.2, 0.25) is 5.02 Å². The molecular formula is C17H23ClN2O2. The van der Waals surface area contributed by atoms with Gasteiger partial charge in [0.1, 0.15) is 0 Å². The van der Waals surface area contributed by atoms with Crippen LogP contribution in [0.15, 0.2) is 24.3 Å². The number of hydrogen-bond donors (Lipinski definition) is 1. The number of benzene rings is 1. The van der Waals surface area contributed by atoms with Crippen molar-refractivity contribution in [2.45, 2.75) is 24.7 Å². The molecule has 2 fully saturated rings. The van der Waals surface area contributed by atoms with E-state index >= 15 is 0 Å². The molecule has 1 amide bonds. The van der Waals surface area contributed by atoms with E-state index in [1.807, 2.05) is 24.3 Å². The van der Waals surface area contributed by atoms with E-state index in [2.05, 4.69) is 10.2 Å². The molecule has 1 aliphatic heterocycles. The van der Waals surface area contributed by atoms with Crippen molar-refractivity contribution in [2.75, 3.05) is 39.4 Å². The van der Waals surface area contributed by atoms with Gasteiger partial charge in [0.25, 0.3) is 0 Å². The van der Waals surface area contributed by atoms with Crippen molar-refractivity contribution in [2.24, 2.45) is 0 Å². The standard InChI is InChI=1S/C17H23ClN2O2/c18-15-4-2-14(3-5-15)17(6-1-7-17)16(21)19-8-9-20-10-12-22-13-11-20/h2-5H,1,6-13H2,(H,19,21). The molecule has 1 aliphatic carbocycles. The summed E-state index contributed by atoms with van der Waals surface area (Å²) in [5.41, 5.74) is 0.752. The van der Waals surface area contributed by atoms with Crippen LogP contribution in [0, 0.1) is 0 Å². The number of morpholine rings is 1. The average molecular weight is 323 g/mol. The van der Waals surface area contributed by atoms with Gasteiger partial charge in [-0.1, -0.05) is 30.2 Å². The lowest BCUT2D eigenvalue weighted by Crippen LogP contribution is -2.51. The van der Waals surface area contributed by atoms with E-state index in [1.54, 1.807) is 0 Å². The maximum atomic E-state index is 12.7. The Bertz CT molecular complexity index is 508. The number of ether oxygens (including phenoxy) is 1. The number of nitrogens with one attached hydrogen (secondary N) is 1. The predicted molar refractivity (Wildman–Crippen MR) is 87.2 cm³/mol. The van der Waals surface area contributed by atoms with Crippen molar-refractivity contribution in [1.29, 1.82) is 0 Å². The van der Waals surface area contributed by atoms with E-state index in [1.165, 1.54) is 0 Å². The molecule has 1 saturated carbocycles. The topological polar surface area (TPSA) is 41.6 Å². The molecule has 1 saturated heterocycles. The second-order valence-corrected chi connectivity index (χ2v) is 6.59. The Morgan fingerprint density at radius 1 is 1.23 bits per heavy atom.